The third kappa shape index (κ3) is 6.89. The second kappa shape index (κ2) is 9.15. The highest BCUT2D eigenvalue weighted by Gasteiger charge is 2.17. The molecule has 0 heterocycles. The molecule has 0 radical (unpaired) electrons. The van der Waals surface area contributed by atoms with Gasteiger partial charge in [-0.2, -0.15) is 0 Å². The van der Waals surface area contributed by atoms with Gasteiger partial charge >= 0.3 is 5.97 Å². The Hall–Kier alpha value is -2.24. The van der Waals surface area contributed by atoms with Crippen molar-refractivity contribution < 1.29 is 23.8 Å². The molecule has 6 nitrogen and oxygen atoms in total. The molecule has 0 aliphatic rings. The van der Waals surface area contributed by atoms with Crippen LogP contribution in [0.4, 0.5) is 0 Å². The van der Waals surface area contributed by atoms with Crippen molar-refractivity contribution in [3.05, 3.63) is 23.8 Å². The van der Waals surface area contributed by atoms with Gasteiger partial charge in [-0.15, -0.1) is 0 Å². The first kappa shape index (κ1) is 19.8. The summed E-state index contributed by atoms with van der Waals surface area (Å²) in [5, 5.41) is 2.73. The first-order valence-electron chi connectivity index (χ1n) is 8.14. The highest BCUT2D eigenvalue weighted by molar-refractivity contribution is 5.92. The van der Waals surface area contributed by atoms with Gasteiger partial charge in [-0.05, 0) is 52.3 Å². The Morgan fingerprint density at radius 3 is 2.38 bits per heavy atom. The van der Waals surface area contributed by atoms with E-state index in [0.717, 1.165) is 6.42 Å². The van der Waals surface area contributed by atoms with Crippen LogP contribution in [0.25, 0.3) is 0 Å². The van der Waals surface area contributed by atoms with Crippen molar-refractivity contribution in [1.29, 1.82) is 0 Å². The maximum Gasteiger partial charge on any atom is 0.338 e. The third-order valence-corrected chi connectivity index (χ3v) is 2.79. The summed E-state index contributed by atoms with van der Waals surface area (Å²) in [6.45, 7) is 10.1. The summed E-state index contributed by atoms with van der Waals surface area (Å²) in [5.74, 6) is 0.145. The van der Waals surface area contributed by atoms with Gasteiger partial charge in [0.25, 0.3) is 5.91 Å². The van der Waals surface area contributed by atoms with Crippen LogP contribution in [0.1, 0.15) is 51.4 Å². The Morgan fingerprint density at radius 2 is 1.79 bits per heavy atom. The van der Waals surface area contributed by atoms with E-state index in [1.807, 2.05) is 34.6 Å². The predicted molar refractivity (Wildman–Crippen MR) is 91.6 cm³/mol. The number of hydrogen-bond acceptors (Lipinski definition) is 5. The van der Waals surface area contributed by atoms with Crippen LogP contribution in [-0.2, 0) is 9.53 Å². The summed E-state index contributed by atoms with van der Waals surface area (Å²) < 4.78 is 16.1. The summed E-state index contributed by atoms with van der Waals surface area (Å²) in [7, 11) is 0. The van der Waals surface area contributed by atoms with E-state index in [4.69, 9.17) is 14.2 Å². The maximum absolute atomic E-state index is 12.1. The minimum absolute atomic E-state index is 0.311. The van der Waals surface area contributed by atoms with Crippen molar-refractivity contribution in [1.82, 2.24) is 5.32 Å². The second-order valence-corrected chi connectivity index (χ2v) is 6.32. The second-order valence-electron chi connectivity index (χ2n) is 6.32. The van der Waals surface area contributed by atoms with Gasteiger partial charge in [-0.3, -0.25) is 4.79 Å². The Balaban J connectivity index is 2.73. The molecule has 1 aromatic rings. The topological polar surface area (TPSA) is 73.9 Å². The molecule has 134 valence electrons. The summed E-state index contributed by atoms with van der Waals surface area (Å²) >= 11 is 0. The van der Waals surface area contributed by atoms with E-state index in [9.17, 15) is 9.59 Å². The van der Waals surface area contributed by atoms with Gasteiger partial charge in [-0.25, -0.2) is 4.79 Å². The van der Waals surface area contributed by atoms with Crippen molar-refractivity contribution in [2.45, 2.75) is 46.6 Å². The molecule has 0 aliphatic heterocycles. The molecule has 0 spiro atoms. The molecule has 0 unspecified atom stereocenters. The summed E-state index contributed by atoms with van der Waals surface area (Å²) in [6, 6.07) is 4.84. The van der Waals surface area contributed by atoms with Crippen LogP contribution in [0.15, 0.2) is 18.2 Å². The molecular formula is C18H27NO5. The smallest absolute Gasteiger partial charge is 0.338 e. The molecule has 1 rings (SSSR count). The maximum atomic E-state index is 12.1. The van der Waals surface area contributed by atoms with E-state index in [0.29, 0.717) is 30.3 Å². The van der Waals surface area contributed by atoms with Gasteiger partial charge in [0.15, 0.2) is 18.1 Å². The van der Waals surface area contributed by atoms with Gasteiger partial charge < -0.3 is 19.5 Å². The van der Waals surface area contributed by atoms with E-state index >= 15 is 0 Å². The summed E-state index contributed by atoms with van der Waals surface area (Å²) in [6.07, 6.45) is 0.873. The van der Waals surface area contributed by atoms with Crippen LogP contribution in [0.2, 0.25) is 0 Å². The van der Waals surface area contributed by atoms with Crippen molar-refractivity contribution in [3.8, 4) is 11.5 Å². The lowest BCUT2D eigenvalue weighted by Gasteiger charge is -2.20. The van der Waals surface area contributed by atoms with Gasteiger partial charge in [0, 0.05) is 5.54 Å². The minimum atomic E-state index is -0.581. The lowest BCUT2D eigenvalue weighted by molar-refractivity contribution is -0.125. The fraction of sp³-hybridized carbons (Fsp3) is 0.556. The predicted octanol–water partition coefficient (Wildman–Crippen LogP) is 2.95. The molecule has 0 saturated heterocycles. The molecular weight excluding hydrogens is 310 g/mol. The Labute approximate surface area is 143 Å². The number of benzene rings is 1. The van der Waals surface area contributed by atoms with Crippen LogP contribution < -0.4 is 14.8 Å². The monoisotopic (exact) mass is 337 g/mol. The number of carbonyl (C=O) groups is 2. The van der Waals surface area contributed by atoms with Gasteiger partial charge in [0.05, 0.1) is 18.8 Å². The van der Waals surface area contributed by atoms with Crippen LogP contribution in [0, 0.1) is 0 Å². The van der Waals surface area contributed by atoms with Crippen LogP contribution in [0.3, 0.4) is 0 Å². The quantitative estimate of drug-likeness (QED) is 0.738. The van der Waals surface area contributed by atoms with E-state index in [1.165, 1.54) is 0 Å². The number of rotatable bonds is 8. The number of amides is 1. The molecule has 1 N–H and O–H groups in total. The Kier molecular flexibility index (Phi) is 7.55. The zero-order valence-electron chi connectivity index (χ0n) is 15.1. The molecule has 0 aliphatic carbocycles. The third-order valence-electron chi connectivity index (χ3n) is 2.79. The molecule has 0 atom stereocenters. The van der Waals surface area contributed by atoms with Crippen molar-refractivity contribution in [2.75, 3.05) is 19.8 Å². The molecule has 6 heteroatoms. The molecule has 1 aromatic carbocycles. The van der Waals surface area contributed by atoms with Gasteiger partial charge in [0.1, 0.15) is 0 Å². The number of ether oxygens (including phenoxy) is 3. The first-order valence-corrected chi connectivity index (χ1v) is 8.14. The zero-order chi connectivity index (χ0) is 18.2. The average Bonchev–Trinajstić information content (AvgIpc) is 2.50. The number of esters is 1. The minimum Gasteiger partial charge on any atom is -0.490 e. The fourth-order valence-electron chi connectivity index (χ4n) is 1.90. The standard InChI is InChI=1S/C18H27NO5/c1-6-10-23-14-9-8-13(11-15(14)22-7-2)17(21)24-12-16(20)19-18(3,4)5/h8-9,11H,6-7,10,12H2,1-5H3,(H,19,20). The number of nitrogens with one attached hydrogen (secondary N) is 1. The van der Waals surface area contributed by atoms with E-state index in [-0.39, 0.29) is 18.1 Å². The number of carbonyl (C=O) groups excluding carboxylic acids is 2. The van der Waals surface area contributed by atoms with Gasteiger partial charge in [-0.1, -0.05) is 6.92 Å². The molecule has 0 saturated carbocycles. The fourth-order valence-corrected chi connectivity index (χ4v) is 1.90. The SMILES string of the molecule is CCCOc1ccc(C(=O)OCC(=O)NC(C)(C)C)cc1OCC. The molecule has 0 aromatic heterocycles. The largest absolute Gasteiger partial charge is 0.490 e. The highest BCUT2D eigenvalue weighted by Crippen LogP contribution is 2.29. The Morgan fingerprint density at radius 1 is 1.08 bits per heavy atom. The zero-order valence-corrected chi connectivity index (χ0v) is 15.1. The van der Waals surface area contributed by atoms with Crippen LogP contribution >= 0.6 is 0 Å². The van der Waals surface area contributed by atoms with Crippen LogP contribution in [0.5, 0.6) is 11.5 Å². The normalized spacial score (nSPS) is 10.9. The van der Waals surface area contributed by atoms with Crippen molar-refractivity contribution >= 4 is 11.9 Å². The Bertz CT molecular complexity index is 563. The summed E-state index contributed by atoms with van der Waals surface area (Å²) in [5.41, 5.74) is -0.0602. The van der Waals surface area contributed by atoms with Crippen LogP contribution in [-0.4, -0.2) is 37.2 Å². The van der Waals surface area contributed by atoms with Crippen molar-refractivity contribution in [2.24, 2.45) is 0 Å². The summed E-state index contributed by atoms with van der Waals surface area (Å²) in [4.78, 5) is 23.8. The highest BCUT2D eigenvalue weighted by atomic mass is 16.5. The molecule has 1 amide bonds. The number of hydrogen-bond donors (Lipinski definition) is 1. The lowest BCUT2D eigenvalue weighted by atomic mass is 10.1. The molecule has 0 fully saturated rings. The molecule has 0 bridgehead atoms. The van der Waals surface area contributed by atoms with E-state index < -0.39 is 5.97 Å². The van der Waals surface area contributed by atoms with Gasteiger partial charge in [0.2, 0.25) is 0 Å². The van der Waals surface area contributed by atoms with Crippen molar-refractivity contribution in [3.63, 3.8) is 0 Å². The molecule has 24 heavy (non-hydrogen) atoms. The van der Waals surface area contributed by atoms with E-state index in [1.54, 1.807) is 18.2 Å². The van der Waals surface area contributed by atoms with E-state index in [2.05, 4.69) is 5.32 Å². The lowest BCUT2D eigenvalue weighted by Crippen LogP contribution is -2.42. The first-order chi connectivity index (χ1) is 11.3. The average molecular weight is 337 g/mol.